The number of piperazine rings is 1. The molecule has 0 aromatic heterocycles. The molecule has 0 unspecified atom stereocenters. The third-order valence-electron chi connectivity index (χ3n) is 4.41. The van der Waals surface area contributed by atoms with Crippen molar-refractivity contribution in [2.45, 2.75) is 6.18 Å². The number of benzene rings is 2. The average molecular weight is 380 g/mol. The van der Waals surface area contributed by atoms with Gasteiger partial charge >= 0.3 is 6.18 Å². The first-order valence-corrected chi connectivity index (χ1v) is 8.28. The van der Waals surface area contributed by atoms with Crippen LogP contribution in [0.15, 0.2) is 48.5 Å². The van der Waals surface area contributed by atoms with Gasteiger partial charge in [0.05, 0.1) is 11.1 Å². The lowest BCUT2D eigenvalue weighted by Crippen LogP contribution is -2.50. The van der Waals surface area contributed by atoms with E-state index in [1.807, 2.05) is 0 Å². The Morgan fingerprint density at radius 2 is 1.30 bits per heavy atom. The summed E-state index contributed by atoms with van der Waals surface area (Å²) in [7, 11) is 0. The van der Waals surface area contributed by atoms with E-state index in [9.17, 15) is 27.2 Å². The van der Waals surface area contributed by atoms with Gasteiger partial charge < -0.3 is 9.80 Å². The van der Waals surface area contributed by atoms with Gasteiger partial charge in [-0.1, -0.05) is 12.1 Å². The summed E-state index contributed by atoms with van der Waals surface area (Å²) in [5, 5.41) is 0. The first kappa shape index (κ1) is 18.9. The van der Waals surface area contributed by atoms with Crippen LogP contribution in [0.2, 0.25) is 0 Å². The Morgan fingerprint density at radius 3 is 1.85 bits per heavy atom. The average Bonchev–Trinajstić information content (AvgIpc) is 2.67. The summed E-state index contributed by atoms with van der Waals surface area (Å²) in [4.78, 5) is 27.7. The van der Waals surface area contributed by atoms with Gasteiger partial charge in [-0.2, -0.15) is 13.2 Å². The van der Waals surface area contributed by atoms with E-state index in [1.165, 1.54) is 46.2 Å². The van der Waals surface area contributed by atoms with Crippen LogP contribution in [0.25, 0.3) is 0 Å². The number of hydrogen-bond acceptors (Lipinski definition) is 2. The van der Waals surface area contributed by atoms with Crippen LogP contribution in [0, 0.1) is 5.82 Å². The maximum absolute atomic E-state index is 13.1. The number of halogens is 4. The maximum Gasteiger partial charge on any atom is 0.417 e. The van der Waals surface area contributed by atoms with Crippen molar-refractivity contribution < 1.29 is 27.2 Å². The van der Waals surface area contributed by atoms with E-state index in [4.69, 9.17) is 0 Å². The summed E-state index contributed by atoms with van der Waals surface area (Å²) in [6.07, 6.45) is -4.62. The van der Waals surface area contributed by atoms with Gasteiger partial charge in [0.1, 0.15) is 5.82 Å². The van der Waals surface area contributed by atoms with E-state index >= 15 is 0 Å². The van der Waals surface area contributed by atoms with E-state index < -0.39 is 29.0 Å². The molecule has 0 N–H and O–H groups in total. The van der Waals surface area contributed by atoms with Gasteiger partial charge in [-0.05, 0) is 36.4 Å². The van der Waals surface area contributed by atoms with Crippen LogP contribution in [-0.4, -0.2) is 47.8 Å². The molecule has 2 amide bonds. The molecule has 1 fully saturated rings. The third-order valence-corrected chi connectivity index (χ3v) is 4.41. The fourth-order valence-electron chi connectivity index (χ4n) is 2.97. The molecule has 0 spiro atoms. The van der Waals surface area contributed by atoms with E-state index in [1.54, 1.807) is 0 Å². The number of carbonyl (C=O) groups excluding carboxylic acids is 2. The molecule has 0 saturated carbocycles. The van der Waals surface area contributed by atoms with E-state index in [-0.39, 0.29) is 32.1 Å². The number of carbonyl (C=O) groups is 2. The number of alkyl halides is 3. The molecule has 142 valence electrons. The lowest BCUT2D eigenvalue weighted by atomic mass is 10.1. The molecule has 0 bridgehead atoms. The second kappa shape index (κ2) is 7.38. The quantitative estimate of drug-likeness (QED) is 0.749. The molecule has 2 aromatic carbocycles. The monoisotopic (exact) mass is 380 g/mol. The molecule has 0 aliphatic carbocycles. The van der Waals surface area contributed by atoms with Gasteiger partial charge in [-0.25, -0.2) is 4.39 Å². The molecule has 0 radical (unpaired) electrons. The summed E-state index contributed by atoms with van der Waals surface area (Å²) in [6, 6.07) is 9.75. The van der Waals surface area contributed by atoms with Crippen molar-refractivity contribution in [2.75, 3.05) is 26.2 Å². The Bertz CT molecular complexity index is 842. The first-order chi connectivity index (χ1) is 12.8. The standard InChI is InChI=1S/C19H16F4N2O2/c20-14-7-5-13(6-8-14)17(26)24-9-11-25(12-10-24)18(27)15-3-1-2-4-16(15)19(21,22)23/h1-8H,9-12H2. The summed E-state index contributed by atoms with van der Waals surface area (Å²) in [6.45, 7) is 0.627. The maximum atomic E-state index is 13.1. The number of nitrogens with zero attached hydrogens (tertiary/aromatic N) is 2. The van der Waals surface area contributed by atoms with Gasteiger partial charge in [0.2, 0.25) is 0 Å². The second-order valence-electron chi connectivity index (χ2n) is 6.13. The molecule has 3 rings (SSSR count). The molecule has 0 atom stereocenters. The van der Waals surface area contributed by atoms with Gasteiger partial charge in [-0.15, -0.1) is 0 Å². The van der Waals surface area contributed by atoms with Crippen molar-refractivity contribution in [3.63, 3.8) is 0 Å². The van der Waals surface area contributed by atoms with Crippen LogP contribution in [0.1, 0.15) is 26.3 Å². The molecule has 1 aliphatic heterocycles. The zero-order valence-electron chi connectivity index (χ0n) is 14.2. The molecule has 27 heavy (non-hydrogen) atoms. The highest BCUT2D eigenvalue weighted by atomic mass is 19.4. The predicted molar refractivity (Wildman–Crippen MR) is 89.7 cm³/mol. The molecule has 4 nitrogen and oxygen atoms in total. The smallest absolute Gasteiger partial charge is 0.335 e. The number of rotatable bonds is 2. The van der Waals surface area contributed by atoms with Crippen LogP contribution in [0.3, 0.4) is 0 Å². The van der Waals surface area contributed by atoms with E-state index in [0.29, 0.717) is 5.56 Å². The molecule has 2 aromatic rings. The second-order valence-corrected chi connectivity index (χ2v) is 6.13. The third kappa shape index (κ3) is 4.10. The summed E-state index contributed by atoms with van der Waals surface area (Å²) in [5.74, 6) is -1.47. The van der Waals surface area contributed by atoms with Crippen LogP contribution in [0.5, 0.6) is 0 Å². The zero-order chi connectivity index (χ0) is 19.6. The zero-order valence-corrected chi connectivity index (χ0v) is 14.2. The summed E-state index contributed by atoms with van der Waals surface area (Å²) >= 11 is 0. The Hall–Kier alpha value is -2.90. The molecular weight excluding hydrogens is 364 g/mol. The van der Waals surface area contributed by atoms with Crippen LogP contribution >= 0.6 is 0 Å². The lowest BCUT2D eigenvalue weighted by molar-refractivity contribution is -0.138. The molecule has 1 aliphatic rings. The highest BCUT2D eigenvalue weighted by Gasteiger charge is 2.36. The number of hydrogen-bond donors (Lipinski definition) is 0. The minimum absolute atomic E-state index is 0.123. The van der Waals surface area contributed by atoms with Crippen molar-refractivity contribution >= 4 is 11.8 Å². The van der Waals surface area contributed by atoms with Crippen molar-refractivity contribution in [2.24, 2.45) is 0 Å². The van der Waals surface area contributed by atoms with Gasteiger partial charge in [0, 0.05) is 31.7 Å². The van der Waals surface area contributed by atoms with E-state index in [2.05, 4.69) is 0 Å². The predicted octanol–water partition coefficient (Wildman–Crippen LogP) is 3.44. The highest BCUT2D eigenvalue weighted by Crippen LogP contribution is 2.32. The van der Waals surface area contributed by atoms with Crippen molar-refractivity contribution in [1.82, 2.24) is 9.80 Å². The topological polar surface area (TPSA) is 40.6 Å². The SMILES string of the molecule is O=C(c1ccc(F)cc1)N1CCN(C(=O)c2ccccc2C(F)(F)F)CC1. The molecule has 8 heteroatoms. The molecule has 1 heterocycles. The minimum Gasteiger partial charge on any atom is -0.335 e. The first-order valence-electron chi connectivity index (χ1n) is 8.28. The molecular formula is C19H16F4N2O2. The van der Waals surface area contributed by atoms with Crippen LogP contribution in [-0.2, 0) is 6.18 Å². The van der Waals surface area contributed by atoms with Crippen molar-refractivity contribution in [3.8, 4) is 0 Å². The number of amides is 2. The van der Waals surface area contributed by atoms with Gasteiger partial charge in [0.25, 0.3) is 11.8 Å². The molecule has 1 saturated heterocycles. The highest BCUT2D eigenvalue weighted by molar-refractivity contribution is 5.97. The van der Waals surface area contributed by atoms with Crippen molar-refractivity contribution in [3.05, 3.63) is 71.0 Å². The van der Waals surface area contributed by atoms with Crippen molar-refractivity contribution in [1.29, 1.82) is 0 Å². The Labute approximate surface area is 153 Å². The summed E-state index contributed by atoms with van der Waals surface area (Å²) < 4.78 is 52.3. The van der Waals surface area contributed by atoms with E-state index in [0.717, 1.165) is 12.1 Å². The normalized spacial score (nSPS) is 15.0. The minimum atomic E-state index is -4.62. The van der Waals surface area contributed by atoms with Crippen LogP contribution in [0.4, 0.5) is 17.6 Å². The lowest BCUT2D eigenvalue weighted by Gasteiger charge is -2.35. The fraction of sp³-hybridized carbons (Fsp3) is 0.263. The summed E-state index contributed by atoms with van der Waals surface area (Å²) in [5.41, 5.74) is -1.05. The fourth-order valence-corrected chi connectivity index (χ4v) is 2.97. The van der Waals surface area contributed by atoms with Gasteiger partial charge in [0.15, 0.2) is 0 Å². The Morgan fingerprint density at radius 1 is 0.778 bits per heavy atom. The largest absolute Gasteiger partial charge is 0.417 e. The van der Waals surface area contributed by atoms with Gasteiger partial charge in [-0.3, -0.25) is 9.59 Å². The van der Waals surface area contributed by atoms with Crippen LogP contribution < -0.4 is 0 Å². The Kier molecular flexibility index (Phi) is 5.16. The Balaban J connectivity index is 1.68.